The Morgan fingerprint density at radius 3 is 2.26 bits per heavy atom. The fourth-order valence-corrected chi connectivity index (χ4v) is 1.53. The van der Waals surface area contributed by atoms with E-state index in [0.717, 1.165) is 12.3 Å². The SMILES string of the molecule is Nc1cnc(-c2cc(C(F)(F)F)ccc2F)c(F)c1. The van der Waals surface area contributed by atoms with Crippen LogP contribution in [0.4, 0.5) is 27.6 Å². The average molecular weight is 274 g/mol. The van der Waals surface area contributed by atoms with Crippen molar-refractivity contribution in [3.05, 3.63) is 47.7 Å². The van der Waals surface area contributed by atoms with Crippen LogP contribution in [0.15, 0.2) is 30.5 Å². The molecule has 0 aliphatic carbocycles. The highest BCUT2D eigenvalue weighted by Crippen LogP contribution is 2.33. The lowest BCUT2D eigenvalue weighted by Crippen LogP contribution is -2.06. The second-order valence-corrected chi connectivity index (χ2v) is 3.79. The normalized spacial score (nSPS) is 11.6. The zero-order valence-electron chi connectivity index (χ0n) is 9.30. The highest BCUT2D eigenvalue weighted by atomic mass is 19.4. The molecule has 0 atom stereocenters. The largest absolute Gasteiger partial charge is 0.416 e. The van der Waals surface area contributed by atoms with Crippen molar-refractivity contribution in [1.29, 1.82) is 0 Å². The maximum atomic E-state index is 13.6. The molecule has 1 aromatic carbocycles. The van der Waals surface area contributed by atoms with Gasteiger partial charge in [-0.3, -0.25) is 4.98 Å². The molecule has 0 unspecified atom stereocenters. The Kier molecular flexibility index (Phi) is 3.13. The molecular weight excluding hydrogens is 267 g/mol. The molecule has 2 aromatic rings. The molecule has 2 N–H and O–H groups in total. The van der Waals surface area contributed by atoms with Gasteiger partial charge in [0, 0.05) is 11.6 Å². The van der Waals surface area contributed by atoms with Crippen molar-refractivity contribution in [3.63, 3.8) is 0 Å². The monoisotopic (exact) mass is 274 g/mol. The zero-order chi connectivity index (χ0) is 14.2. The van der Waals surface area contributed by atoms with Crippen LogP contribution in [-0.4, -0.2) is 4.98 Å². The third-order valence-electron chi connectivity index (χ3n) is 2.41. The molecule has 0 aliphatic heterocycles. The second kappa shape index (κ2) is 4.49. The first-order chi connectivity index (χ1) is 8.79. The third kappa shape index (κ3) is 2.64. The van der Waals surface area contributed by atoms with Crippen LogP contribution in [0.3, 0.4) is 0 Å². The first-order valence-electron chi connectivity index (χ1n) is 5.07. The Morgan fingerprint density at radius 1 is 1.00 bits per heavy atom. The van der Waals surface area contributed by atoms with Gasteiger partial charge in [0.05, 0.1) is 17.4 Å². The molecule has 7 heteroatoms. The molecule has 0 saturated carbocycles. The van der Waals surface area contributed by atoms with E-state index in [1.54, 1.807) is 0 Å². The first-order valence-corrected chi connectivity index (χ1v) is 5.07. The van der Waals surface area contributed by atoms with E-state index >= 15 is 0 Å². The number of benzene rings is 1. The number of nitrogens with two attached hydrogens (primary N) is 1. The lowest BCUT2D eigenvalue weighted by Gasteiger charge is -2.10. The van der Waals surface area contributed by atoms with Gasteiger partial charge in [0.25, 0.3) is 0 Å². The molecule has 2 rings (SSSR count). The van der Waals surface area contributed by atoms with E-state index in [-0.39, 0.29) is 5.69 Å². The molecule has 0 amide bonds. The van der Waals surface area contributed by atoms with Crippen molar-refractivity contribution in [1.82, 2.24) is 4.98 Å². The number of nitrogen functional groups attached to an aromatic ring is 1. The van der Waals surface area contributed by atoms with Crippen molar-refractivity contribution < 1.29 is 22.0 Å². The van der Waals surface area contributed by atoms with Crippen LogP contribution in [-0.2, 0) is 6.18 Å². The van der Waals surface area contributed by atoms with Crippen molar-refractivity contribution in [3.8, 4) is 11.3 Å². The van der Waals surface area contributed by atoms with Crippen molar-refractivity contribution in [2.75, 3.05) is 5.73 Å². The topological polar surface area (TPSA) is 38.9 Å². The molecule has 0 bridgehead atoms. The van der Waals surface area contributed by atoms with Gasteiger partial charge in [-0.05, 0) is 18.2 Å². The average Bonchev–Trinajstić information content (AvgIpc) is 2.29. The minimum atomic E-state index is -4.65. The smallest absolute Gasteiger partial charge is 0.397 e. The summed E-state index contributed by atoms with van der Waals surface area (Å²) in [5.74, 6) is -1.98. The summed E-state index contributed by atoms with van der Waals surface area (Å²) < 4.78 is 64.6. The molecule has 100 valence electrons. The number of aromatic nitrogens is 1. The molecule has 1 heterocycles. The van der Waals surface area contributed by atoms with Crippen molar-refractivity contribution in [2.45, 2.75) is 6.18 Å². The lowest BCUT2D eigenvalue weighted by molar-refractivity contribution is -0.137. The molecule has 1 aromatic heterocycles. The Morgan fingerprint density at radius 2 is 1.68 bits per heavy atom. The van der Waals surface area contributed by atoms with E-state index in [4.69, 9.17) is 5.73 Å². The summed E-state index contributed by atoms with van der Waals surface area (Å²) in [4.78, 5) is 3.52. The van der Waals surface area contributed by atoms with Gasteiger partial charge in [-0.15, -0.1) is 0 Å². The number of alkyl halides is 3. The molecule has 2 nitrogen and oxygen atoms in total. The lowest BCUT2D eigenvalue weighted by atomic mass is 10.1. The fraction of sp³-hybridized carbons (Fsp3) is 0.0833. The number of halogens is 5. The summed E-state index contributed by atoms with van der Waals surface area (Å²) >= 11 is 0. The Hall–Kier alpha value is -2.18. The Balaban J connectivity index is 2.61. The Bertz CT molecular complexity index is 622. The third-order valence-corrected chi connectivity index (χ3v) is 2.41. The molecule has 0 saturated heterocycles. The number of anilines is 1. The number of pyridine rings is 1. The molecule has 0 fully saturated rings. The van der Waals surface area contributed by atoms with Crippen LogP contribution in [0.2, 0.25) is 0 Å². The van der Waals surface area contributed by atoms with Crippen molar-refractivity contribution in [2.24, 2.45) is 0 Å². The van der Waals surface area contributed by atoms with E-state index in [9.17, 15) is 22.0 Å². The maximum absolute atomic E-state index is 13.6. The standard InChI is InChI=1S/C12H7F5N2/c13-9-2-1-6(12(15,16)17)3-8(9)11-10(14)4-7(18)5-19-11/h1-5H,18H2. The number of nitrogens with zero attached hydrogens (tertiary/aromatic N) is 1. The molecule has 0 spiro atoms. The van der Waals surface area contributed by atoms with Crippen molar-refractivity contribution >= 4 is 5.69 Å². The van der Waals surface area contributed by atoms with Gasteiger partial charge in [-0.25, -0.2) is 8.78 Å². The fourth-order valence-electron chi connectivity index (χ4n) is 1.53. The van der Waals surface area contributed by atoms with E-state index in [1.807, 2.05) is 0 Å². The summed E-state index contributed by atoms with van der Waals surface area (Å²) in [5.41, 5.74) is 3.10. The zero-order valence-corrected chi connectivity index (χ0v) is 9.30. The summed E-state index contributed by atoms with van der Waals surface area (Å²) in [7, 11) is 0. The number of rotatable bonds is 1. The summed E-state index contributed by atoms with van der Waals surface area (Å²) in [5, 5.41) is 0. The van der Waals surface area contributed by atoms with Gasteiger partial charge in [0.2, 0.25) is 0 Å². The maximum Gasteiger partial charge on any atom is 0.416 e. The molecule has 0 aliphatic rings. The van der Waals surface area contributed by atoms with Crippen LogP contribution in [0.1, 0.15) is 5.56 Å². The summed E-state index contributed by atoms with van der Waals surface area (Å²) in [6, 6.07) is 2.57. The van der Waals surface area contributed by atoms with Gasteiger partial charge < -0.3 is 5.73 Å². The van der Waals surface area contributed by atoms with Crippen LogP contribution >= 0.6 is 0 Å². The predicted molar refractivity (Wildman–Crippen MR) is 59.0 cm³/mol. The van der Waals surface area contributed by atoms with Crippen LogP contribution in [0, 0.1) is 11.6 Å². The molecule has 19 heavy (non-hydrogen) atoms. The van der Waals surface area contributed by atoms with Gasteiger partial charge in [-0.2, -0.15) is 13.2 Å². The molecule has 0 radical (unpaired) electrons. The minimum absolute atomic E-state index is 0.00589. The second-order valence-electron chi connectivity index (χ2n) is 3.79. The number of hydrogen-bond donors (Lipinski definition) is 1. The minimum Gasteiger partial charge on any atom is -0.397 e. The highest BCUT2D eigenvalue weighted by Gasteiger charge is 2.31. The number of hydrogen-bond acceptors (Lipinski definition) is 2. The van der Waals surface area contributed by atoms with E-state index in [0.29, 0.717) is 18.2 Å². The van der Waals surface area contributed by atoms with Gasteiger partial charge in [-0.1, -0.05) is 0 Å². The highest BCUT2D eigenvalue weighted by molar-refractivity contribution is 5.63. The van der Waals surface area contributed by atoms with E-state index in [1.165, 1.54) is 0 Å². The first kappa shape index (κ1) is 13.3. The van der Waals surface area contributed by atoms with E-state index < -0.39 is 34.6 Å². The van der Waals surface area contributed by atoms with Gasteiger partial charge in [0.15, 0.2) is 5.82 Å². The van der Waals surface area contributed by atoms with Crippen LogP contribution < -0.4 is 5.73 Å². The summed E-state index contributed by atoms with van der Waals surface area (Å²) in [6.45, 7) is 0. The van der Waals surface area contributed by atoms with Gasteiger partial charge >= 0.3 is 6.18 Å². The quantitative estimate of drug-likeness (QED) is 0.806. The van der Waals surface area contributed by atoms with Gasteiger partial charge in [0.1, 0.15) is 11.5 Å². The summed E-state index contributed by atoms with van der Waals surface area (Å²) in [6.07, 6.45) is -3.61. The van der Waals surface area contributed by atoms with E-state index in [2.05, 4.69) is 4.98 Å². The van der Waals surface area contributed by atoms with Crippen LogP contribution in [0.25, 0.3) is 11.3 Å². The van der Waals surface area contributed by atoms with Crippen LogP contribution in [0.5, 0.6) is 0 Å². The predicted octanol–water partition coefficient (Wildman–Crippen LogP) is 3.63. The molecular formula is C12H7F5N2. The Labute approximate surface area is 104 Å².